The normalized spacial score (nSPS) is 39.4. The van der Waals surface area contributed by atoms with Crippen LogP contribution in [0.3, 0.4) is 0 Å². The van der Waals surface area contributed by atoms with Gasteiger partial charge in [-0.2, -0.15) is 0 Å². The summed E-state index contributed by atoms with van der Waals surface area (Å²) in [6.07, 6.45) is 6.59. The number of fused-ring (bicyclic) bond motifs is 1. The van der Waals surface area contributed by atoms with Crippen LogP contribution >= 0.6 is 0 Å². The van der Waals surface area contributed by atoms with E-state index < -0.39 is 5.60 Å². The van der Waals surface area contributed by atoms with Gasteiger partial charge in [-0.05, 0) is 51.7 Å². The molecule has 0 aliphatic carbocycles. The second-order valence-corrected chi connectivity index (χ2v) is 4.79. The lowest BCUT2D eigenvalue weighted by molar-refractivity contribution is -0.0969. The van der Waals surface area contributed by atoms with Crippen LogP contribution in [-0.4, -0.2) is 41.3 Å². The van der Waals surface area contributed by atoms with Crippen molar-refractivity contribution in [1.82, 2.24) is 4.90 Å². The summed E-state index contributed by atoms with van der Waals surface area (Å²) in [7, 11) is 0. The Kier molecular flexibility index (Phi) is 3.10. The fourth-order valence-electron chi connectivity index (χ4n) is 3.16. The highest BCUT2D eigenvalue weighted by molar-refractivity contribution is 4.98. The van der Waals surface area contributed by atoms with Crippen LogP contribution in [0.4, 0.5) is 0 Å². The molecule has 2 saturated heterocycles. The Balaban J connectivity index is 2.07. The van der Waals surface area contributed by atoms with E-state index in [0.717, 1.165) is 25.7 Å². The number of rotatable bonds is 2. The summed E-state index contributed by atoms with van der Waals surface area (Å²) in [5.74, 6) is 0. The average molecular weight is 198 g/mol. The third-order valence-electron chi connectivity index (χ3n) is 3.87. The first-order valence-electron chi connectivity index (χ1n) is 5.93. The van der Waals surface area contributed by atoms with Crippen molar-refractivity contribution in [2.24, 2.45) is 5.73 Å². The Morgan fingerprint density at radius 1 is 1.29 bits per heavy atom. The van der Waals surface area contributed by atoms with Crippen LogP contribution < -0.4 is 5.73 Å². The van der Waals surface area contributed by atoms with Crippen molar-refractivity contribution in [3.8, 4) is 0 Å². The van der Waals surface area contributed by atoms with Gasteiger partial charge in [0.25, 0.3) is 0 Å². The molecule has 2 heterocycles. The molecule has 3 heteroatoms. The van der Waals surface area contributed by atoms with E-state index in [1.165, 1.54) is 25.9 Å². The van der Waals surface area contributed by atoms with Crippen molar-refractivity contribution in [3.05, 3.63) is 0 Å². The molecule has 3 nitrogen and oxygen atoms in total. The van der Waals surface area contributed by atoms with Crippen LogP contribution in [0, 0.1) is 0 Å². The van der Waals surface area contributed by atoms with Crippen molar-refractivity contribution in [2.45, 2.75) is 50.2 Å². The van der Waals surface area contributed by atoms with E-state index in [9.17, 15) is 5.11 Å². The lowest BCUT2D eigenvalue weighted by atomic mass is 9.77. The maximum atomic E-state index is 10.5. The summed E-state index contributed by atoms with van der Waals surface area (Å²) in [6, 6.07) is 0.397. The van der Waals surface area contributed by atoms with E-state index >= 15 is 0 Å². The highest BCUT2D eigenvalue weighted by Crippen LogP contribution is 2.35. The van der Waals surface area contributed by atoms with Crippen LogP contribution in [-0.2, 0) is 0 Å². The Morgan fingerprint density at radius 2 is 2.07 bits per heavy atom. The summed E-state index contributed by atoms with van der Waals surface area (Å²) >= 11 is 0. The van der Waals surface area contributed by atoms with Crippen molar-refractivity contribution in [1.29, 1.82) is 0 Å². The van der Waals surface area contributed by atoms with E-state index in [1.54, 1.807) is 0 Å². The van der Waals surface area contributed by atoms with Gasteiger partial charge >= 0.3 is 0 Å². The van der Waals surface area contributed by atoms with Crippen LogP contribution in [0.1, 0.15) is 38.5 Å². The van der Waals surface area contributed by atoms with Crippen molar-refractivity contribution in [2.75, 3.05) is 19.6 Å². The number of aliphatic hydroxyl groups is 1. The Hall–Kier alpha value is -0.120. The minimum atomic E-state index is -0.479. The zero-order valence-electron chi connectivity index (χ0n) is 8.91. The highest BCUT2D eigenvalue weighted by atomic mass is 16.3. The van der Waals surface area contributed by atoms with Crippen LogP contribution in [0.25, 0.3) is 0 Å². The molecule has 2 atom stereocenters. The first-order chi connectivity index (χ1) is 6.76. The maximum Gasteiger partial charge on any atom is 0.0814 e. The minimum Gasteiger partial charge on any atom is -0.388 e. The molecule has 2 aliphatic rings. The molecule has 0 aromatic heterocycles. The topological polar surface area (TPSA) is 49.5 Å². The first-order valence-corrected chi connectivity index (χ1v) is 5.93. The van der Waals surface area contributed by atoms with E-state index in [4.69, 9.17) is 5.73 Å². The molecule has 0 aromatic carbocycles. The van der Waals surface area contributed by atoms with Gasteiger partial charge < -0.3 is 10.8 Å². The zero-order valence-corrected chi connectivity index (χ0v) is 8.91. The van der Waals surface area contributed by atoms with E-state index in [2.05, 4.69) is 4.90 Å². The number of nitrogens with zero attached hydrogens (tertiary/aromatic N) is 1. The molecule has 0 radical (unpaired) electrons. The quantitative estimate of drug-likeness (QED) is 0.687. The summed E-state index contributed by atoms with van der Waals surface area (Å²) in [5, 5.41) is 10.5. The van der Waals surface area contributed by atoms with Gasteiger partial charge in [-0.15, -0.1) is 0 Å². The monoisotopic (exact) mass is 198 g/mol. The van der Waals surface area contributed by atoms with Crippen LogP contribution in [0.2, 0.25) is 0 Å². The van der Waals surface area contributed by atoms with Crippen LogP contribution in [0.5, 0.6) is 0 Å². The average Bonchev–Trinajstić information content (AvgIpc) is 2.19. The molecule has 2 unspecified atom stereocenters. The van der Waals surface area contributed by atoms with E-state index in [-0.39, 0.29) is 0 Å². The standard InChI is InChI=1S/C11H22N2O/c12-7-6-11(14)5-3-9-13-8-2-1-4-10(11)13/h10,14H,1-9,12H2. The van der Waals surface area contributed by atoms with Gasteiger partial charge in [-0.1, -0.05) is 6.42 Å². The van der Waals surface area contributed by atoms with Crippen LogP contribution in [0.15, 0.2) is 0 Å². The molecule has 2 aliphatic heterocycles. The van der Waals surface area contributed by atoms with Gasteiger partial charge in [0.2, 0.25) is 0 Å². The molecule has 0 amide bonds. The third kappa shape index (κ3) is 1.81. The predicted molar refractivity (Wildman–Crippen MR) is 57.1 cm³/mol. The Morgan fingerprint density at radius 3 is 2.86 bits per heavy atom. The fraction of sp³-hybridized carbons (Fsp3) is 1.00. The van der Waals surface area contributed by atoms with Gasteiger partial charge in [0.05, 0.1) is 5.60 Å². The SMILES string of the molecule is NCCC1(O)CCCN2CCCCC21. The van der Waals surface area contributed by atoms with E-state index in [0.29, 0.717) is 12.6 Å². The maximum absolute atomic E-state index is 10.5. The van der Waals surface area contributed by atoms with Gasteiger partial charge in [0.15, 0.2) is 0 Å². The van der Waals surface area contributed by atoms with Crippen molar-refractivity contribution >= 4 is 0 Å². The Labute approximate surface area is 86.3 Å². The first kappa shape index (κ1) is 10.4. The molecule has 14 heavy (non-hydrogen) atoms. The van der Waals surface area contributed by atoms with Crippen molar-refractivity contribution in [3.63, 3.8) is 0 Å². The number of hydrogen-bond acceptors (Lipinski definition) is 3. The van der Waals surface area contributed by atoms with Gasteiger partial charge in [-0.3, -0.25) is 4.90 Å². The molecule has 0 bridgehead atoms. The molecule has 0 saturated carbocycles. The van der Waals surface area contributed by atoms with E-state index in [1.807, 2.05) is 0 Å². The second-order valence-electron chi connectivity index (χ2n) is 4.79. The molecule has 3 N–H and O–H groups in total. The second kappa shape index (κ2) is 4.17. The predicted octanol–water partition coefficient (Wildman–Crippen LogP) is 0.715. The summed E-state index contributed by atoms with van der Waals surface area (Å²) in [4.78, 5) is 2.47. The molecule has 0 spiro atoms. The highest BCUT2D eigenvalue weighted by Gasteiger charge is 2.42. The molecule has 0 aromatic rings. The molecular weight excluding hydrogens is 176 g/mol. The van der Waals surface area contributed by atoms with Crippen molar-refractivity contribution < 1.29 is 5.11 Å². The molecule has 2 rings (SSSR count). The van der Waals surface area contributed by atoms with Gasteiger partial charge in [0, 0.05) is 6.04 Å². The number of piperidine rings is 2. The third-order valence-corrected chi connectivity index (χ3v) is 3.87. The molecule has 2 fully saturated rings. The zero-order chi connectivity index (χ0) is 10.0. The largest absolute Gasteiger partial charge is 0.388 e. The van der Waals surface area contributed by atoms with Gasteiger partial charge in [0.1, 0.15) is 0 Å². The summed E-state index contributed by atoms with van der Waals surface area (Å²) in [5.41, 5.74) is 5.11. The summed E-state index contributed by atoms with van der Waals surface area (Å²) < 4.78 is 0. The smallest absolute Gasteiger partial charge is 0.0814 e. The Bertz CT molecular complexity index is 192. The molecular formula is C11H22N2O. The lowest BCUT2D eigenvalue weighted by Gasteiger charge is -2.49. The summed E-state index contributed by atoms with van der Waals surface area (Å²) in [6.45, 7) is 2.97. The minimum absolute atomic E-state index is 0.397. The molecule has 82 valence electrons. The van der Waals surface area contributed by atoms with Gasteiger partial charge in [-0.25, -0.2) is 0 Å². The lowest BCUT2D eigenvalue weighted by Crippen LogP contribution is -2.59. The number of hydrogen-bond donors (Lipinski definition) is 2. The fourth-order valence-corrected chi connectivity index (χ4v) is 3.16. The number of nitrogens with two attached hydrogens (primary N) is 1.